The van der Waals surface area contributed by atoms with Crippen molar-refractivity contribution >= 4 is 10.1 Å². The molecule has 0 saturated heterocycles. The fourth-order valence-corrected chi connectivity index (χ4v) is 1.41. The number of hydrogen-bond acceptors (Lipinski definition) is 2. The molecular formula is C8H17O3S. The molecule has 0 fully saturated rings. The molecular weight excluding hydrogens is 176 g/mol. The van der Waals surface area contributed by atoms with Crippen LogP contribution >= 0.6 is 0 Å². The van der Waals surface area contributed by atoms with Gasteiger partial charge in [0.2, 0.25) is 0 Å². The maximum atomic E-state index is 10.2. The van der Waals surface area contributed by atoms with E-state index in [-0.39, 0.29) is 5.75 Å². The molecule has 0 heterocycles. The van der Waals surface area contributed by atoms with Gasteiger partial charge in [-0.25, -0.2) is 0 Å². The molecule has 0 saturated carbocycles. The highest BCUT2D eigenvalue weighted by atomic mass is 32.2. The van der Waals surface area contributed by atoms with E-state index in [2.05, 4.69) is 6.92 Å². The summed E-state index contributed by atoms with van der Waals surface area (Å²) < 4.78 is 28.9. The molecule has 1 radical (unpaired) electrons. The van der Waals surface area contributed by atoms with Gasteiger partial charge in [0.25, 0.3) is 10.1 Å². The summed E-state index contributed by atoms with van der Waals surface area (Å²) in [5.74, 6) is -0.209. The van der Waals surface area contributed by atoms with Gasteiger partial charge in [0.1, 0.15) is 0 Å². The highest BCUT2D eigenvalue weighted by Gasteiger charge is 2.02. The highest BCUT2D eigenvalue weighted by Crippen LogP contribution is 2.04. The molecule has 0 unspecified atom stereocenters. The Bertz CT molecular complexity index is 184. The predicted octanol–water partition coefficient (Wildman–Crippen LogP) is 2.05. The Hall–Kier alpha value is -0.0900. The van der Waals surface area contributed by atoms with Crippen LogP contribution in [-0.2, 0) is 10.1 Å². The van der Waals surface area contributed by atoms with Crippen molar-refractivity contribution in [3.05, 3.63) is 6.42 Å². The minimum atomic E-state index is -3.77. The van der Waals surface area contributed by atoms with Crippen molar-refractivity contribution in [2.75, 3.05) is 5.75 Å². The lowest BCUT2D eigenvalue weighted by molar-refractivity contribution is 0.484. The standard InChI is InChI=1S/C8H17O3S/c1-2-3-4-5-6-7-8-12(9,10)11/h7H,2-6,8H2,1H3,(H,9,10,11). The maximum Gasteiger partial charge on any atom is 0.265 e. The van der Waals surface area contributed by atoms with Gasteiger partial charge >= 0.3 is 0 Å². The SMILES string of the molecule is CCCCCC[CH]CS(=O)(=O)O. The normalized spacial score (nSPS) is 11.8. The third kappa shape index (κ3) is 9.91. The van der Waals surface area contributed by atoms with Crippen molar-refractivity contribution in [3.63, 3.8) is 0 Å². The van der Waals surface area contributed by atoms with Crippen molar-refractivity contribution in [1.82, 2.24) is 0 Å². The fraction of sp³-hybridized carbons (Fsp3) is 0.875. The quantitative estimate of drug-likeness (QED) is 0.497. The molecule has 0 aromatic carbocycles. The van der Waals surface area contributed by atoms with Gasteiger partial charge in [0.05, 0.1) is 5.75 Å². The maximum absolute atomic E-state index is 10.2. The lowest BCUT2D eigenvalue weighted by Crippen LogP contribution is -2.03. The van der Waals surface area contributed by atoms with Crippen LogP contribution < -0.4 is 0 Å². The van der Waals surface area contributed by atoms with E-state index in [1.165, 1.54) is 12.8 Å². The molecule has 1 N–H and O–H groups in total. The van der Waals surface area contributed by atoms with Gasteiger partial charge in [0, 0.05) is 0 Å². The molecule has 0 aliphatic carbocycles. The topological polar surface area (TPSA) is 54.4 Å². The fourth-order valence-electron chi connectivity index (χ4n) is 0.948. The minimum absolute atomic E-state index is 0.209. The van der Waals surface area contributed by atoms with E-state index in [9.17, 15) is 8.42 Å². The van der Waals surface area contributed by atoms with E-state index in [1.54, 1.807) is 6.42 Å². The van der Waals surface area contributed by atoms with E-state index >= 15 is 0 Å². The molecule has 3 nitrogen and oxygen atoms in total. The zero-order valence-electron chi connectivity index (χ0n) is 7.49. The second-order valence-electron chi connectivity index (χ2n) is 2.89. The summed E-state index contributed by atoms with van der Waals surface area (Å²) >= 11 is 0. The number of rotatable bonds is 7. The minimum Gasteiger partial charge on any atom is -0.286 e. The summed E-state index contributed by atoms with van der Waals surface area (Å²) in [5, 5.41) is 0. The third-order valence-electron chi connectivity index (χ3n) is 1.59. The molecule has 4 heteroatoms. The molecule has 12 heavy (non-hydrogen) atoms. The molecule has 0 rings (SSSR count). The van der Waals surface area contributed by atoms with Crippen LogP contribution in [0.3, 0.4) is 0 Å². The average Bonchev–Trinajstić information content (AvgIpc) is 1.94. The van der Waals surface area contributed by atoms with Crippen LogP contribution in [0.25, 0.3) is 0 Å². The van der Waals surface area contributed by atoms with E-state index < -0.39 is 10.1 Å². The molecule has 73 valence electrons. The number of hydrogen-bond donors (Lipinski definition) is 1. The van der Waals surface area contributed by atoms with Crippen molar-refractivity contribution < 1.29 is 13.0 Å². The van der Waals surface area contributed by atoms with Crippen molar-refractivity contribution in [2.24, 2.45) is 0 Å². The zero-order chi connectivity index (χ0) is 9.45. The van der Waals surface area contributed by atoms with Crippen LogP contribution in [-0.4, -0.2) is 18.7 Å². The second kappa shape index (κ2) is 6.43. The van der Waals surface area contributed by atoms with Gasteiger partial charge in [-0.3, -0.25) is 4.55 Å². The first-order valence-electron chi connectivity index (χ1n) is 4.33. The Balaban J connectivity index is 3.12. The van der Waals surface area contributed by atoms with E-state index in [0.29, 0.717) is 0 Å². The molecule has 0 aliphatic heterocycles. The summed E-state index contributed by atoms with van der Waals surface area (Å²) in [6, 6.07) is 0. The van der Waals surface area contributed by atoms with E-state index in [4.69, 9.17) is 4.55 Å². The Morgan fingerprint density at radius 3 is 2.42 bits per heavy atom. The first kappa shape index (κ1) is 11.9. The van der Waals surface area contributed by atoms with Crippen LogP contribution in [0.15, 0.2) is 0 Å². The summed E-state index contributed by atoms with van der Waals surface area (Å²) in [6.45, 7) is 2.13. The predicted molar refractivity (Wildman–Crippen MR) is 49.5 cm³/mol. The van der Waals surface area contributed by atoms with Crippen LogP contribution in [0.2, 0.25) is 0 Å². The monoisotopic (exact) mass is 193 g/mol. The van der Waals surface area contributed by atoms with Gasteiger partial charge in [-0.2, -0.15) is 8.42 Å². The van der Waals surface area contributed by atoms with Crippen LogP contribution in [0.4, 0.5) is 0 Å². The van der Waals surface area contributed by atoms with Crippen molar-refractivity contribution in [1.29, 1.82) is 0 Å². The zero-order valence-corrected chi connectivity index (χ0v) is 8.31. The summed E-state index contributed by atoms with van der Waals surface area (Å²) in [4.78, 5) is 0. The first-order chi connectivity index (χ1) is 5.56. The Morgan fingerprint density at radius 1 is 1.25 bits per heavy atom. The Morgan fingerprint density at radius 2 is 1.92 bits per heavy atom. The average molecular weight is 193 g/mol. The first-order valence-corrected chi connectivity index (χ1v) is 5.94. The summed E-state index contributed by atoms with van der Waals surface area (Å²) in [6.07, 6.45) is 6.92. The van der Waals surface area contributed by atoms with Gasteiger partial charge in [0.15, 0.2) is 0 Å². The summed E-state index contributed by atoms with van der Waals surface area (Å²) in [5.41, 5.74) is 0. The lowest BCUT2D eigenvalue weighted by Gasteiger charge is -1.97. The van der Waals surface area contributed by atoms with Crippen LogP contribution in [0.5, 0.6) is 0 Å². The van der Waals surface area contributed by atoms with Crippen LogP contribution in [0, 0.1) is 6.42 Å². The lowest BCUT2D eigenvalue weighted by atomic mass is 10.1. The molecule has 0 amide bonds. The smallest absolute Gasteiger partial charge is 0.265 e. The molecule has 0 bridgehead atoms. The third-order valence-corrected chi connectivity index (χ3v) is 2.25. The Labute approximate surface area is 74.9 Å². The molecule has 0 aliphatic rings. The highest BCUT2D eigenvalue weighted by molar-refractivity contribution is 7.85. The largest absolute Gasteiger partial charge is 0.286 e. The van der Waals surface area contributed by atoms with Gasteiger partial charge in [-0.15, -0.1) is 0 Å². The molecule has 0 aromatic rings. The van der Waals surface area contributed by atoms with Crippen molar-refractivity contribution in [2.45, 2.75) is 39.0 Å². The van der Waals surface area contributed by atoms with Gasteiger partial charge in [-0.05, 0) is 12.8 Å². The van der Waals surface area contributed by atoms with E-state index in [0.717, 1.165) is 19.3 Å². The second-order valence-corrected chi connectivity index (χ2v) is 4.38. The number of unbranched alkanes of at least 4 members (excludes halogenated alkanes) is 5. The molecule has 0 aromatic heterocycles. The molecule has 0 atom stereocenters. The van der Waals surface area contributed by atoms with Crippen molar-refractivity contribution in [3.8, 4) is 0 Å². The van der Waals surface area contributed by atoms with E-state index in [1.807, 2.05) is 0 Å². The summed E-state index contributed by atoms with van der Waals surface area (Å²) in [7, 11) is -3.77. The Kier molecular flexibility index (Phi) is 6.38. The van der Waals surface area contributed by atoms with Gasteiger partial charge < -0.3 is 0 Å². The van der Waals surface area contributed by atoms with Gasteiger partial charge in [-0.1, -0.05) is 32.6 Å². The van der Waals surface area contributed by atoms with Crippen LogP contribution in [0.1, 0.15) is 39.0 Å². The molecule has 0 spiro atoms.